The van der Waals surface area contributed by atoms with Gasteiger partial charge in [0.2, 0.25) is 0 Å². The molecule has 0 aromatic heterocycles. The Balaban J connectivity index is 1.54. The number of hydrogen-bond acceptors (Lipinski definition) is 1. The summed E-state index contributed by atoms with van der Waals surface area (Å²) in [5.74, 6) is 1.09. The monoisotopic (exact) mass is 287 g/mol. The minimum atomic E-state index is 0.201. The van der Waals surface area contributed by atoms with E-state index < -0.39 is 0 Å². The second-order valence-corrected chi connectivity index (χ2v) is 6.79. The Hall–Kier alpha value is -1.35. The van der Waals surface area contributed by atoms with E-state index in [9.17, 15) is 4.79 Å². The number of amides is 1. The SMILES string of the molecule is C[C@H]1CCC[C@@H]([NH+]2CCN(C(=O)c3ccccc3)CC2)C1. The van der Waals surface area contributed by atoms with Crippen molar-refractivity contribution in [3.8, 4) is 0 Å². The largest absolute Gasteiger partial charge is 0.330 e. The zero-order chi connectivity index (χ0) is 14.7. The highest BCUT2D eigenvalue weighted by Crippen LogP contribution is 2.22. The summed E-state index contributed by atoms with van der Waals surface area (Å²) in [5, 5.41) is 0. The molecule has 1 saturated carbocycles. The van der Waals surface area contributed by atoms with Crippen molar-refractivity contribution >= 4 is 5.91 Å². The number of quaternary nitrogens is 1. The van der Waals surface area contributed by atoms with E-state index in [0.29, 0.717) is 0 Å². The van der Waals surface area contributed by atoms with Crippen LogP contribution in [-0.4, -0.2) is 43.0 Å². The topological polar surface area (TPSA) is 24.8 Å². The summed E-state index contributed by atoms with van der Waals surface area (Å²) in [6.07, 6.45) is 5.55. The molecule has 0 bridgehead atoms. The Kier molecular flexibility index (Phi) is 4.59. The van der Waals surface area contributed by atoms with Gasteiger partial charge in [-0.3, -0.25) is 4.79 Å². The number of hydrogen-bond donors (Lipinski definition) is 1. The van der Waals surface area contributed by atoms with Gasteiger partial charge >= 0.3 is 0 Å². The van der Waals surface area contributed by atoms with Gasteiger partial charge in [-0.15, -0.1) is 0 Å². The van der Waals surface area contributed by atoms with Crippen molar-refractivity contribution < 1.29 is 9.69 Å². The standard InChI is InChI=1S/C18H26N2O/c1-15-6-5-9-17(14-15)19-10-12-20(13-11-19)18(21)16-7-3-2-4-8-16/h2-4,7-8,15,17H,5-6,9-14H2,1H3/p+1/t15-,17+/m0/s1. The Morgan fingerprint density at radius 1 is 1.14 bits per heavy atom. The highest BCUT2D eigenvalue weighted by molar-refractivity contribution is 5.94. The molecule has 2 fully saturated rings. The van der Waals surface area contributed by atoms with E-state index in [0.717, 1.165) is 43.7 Å². The average Bonchev–Trinajstić information content (AvgIpc) is 2.55. The van der Waals surface area contributed by atoms with Crippen molar-refractivity contribution in [3.63, 3.8) is 0 Å². The van der Waals surface area contributed by atoms with Crippen LogP contribution in [0.1, 0.15) is 43.0 Å². The summed E-state index contributed by atoms with van der Waals surface area (Å²) < 4.78 is 0. The van der Waals surface area contributed by atoms with Crippen LogP contribution in [0, 0.1) is 5.92 Å². The third-order valence-corrected chi connectivity index (χ3v) is 5.23. The smallest absolute Gasteiger partial charge is 0.254 e. The molecule has 0 radical (unpaired) electrons. The van der Waals surface area contributed by atoms with Gasteiger partial charge in [0.25, 0.3) is 5.91 Å². The molecule has 1 aliphatic heterocycles. The molecule has 0 unspecified atom stereocenters. The molecule has 1 heterocycles. The van der Waals surface area contributed by atoms with Gasteiger partial charge in [-0.1, -0.05) is 31.5 Å². The van der Waals surface area contributed by atoms with E-state index in [-0.39, 0.29) is 5.91 Å². The van der Waals surface area contributed by atoms with Crippen LogP contribution in [0.5, 0.6) is 0 Å². The number of benzene rings is 1. The normalized spacial score (nSPS) is 27.6. The Morgan fingerprint density at radius 2 is 1.86 bits per heavy atom. The predicted octanol–water partition coefficient (Wildman–Crippen LogP) is 1.61. The maximum atomic E-state index is 12.5. The van der Waals surface area contributed by atoms with Gasteiger partial charge in [0.05, 0.1) is 32.2 Å². The molecule has 3 rings (SSSR count). The third-order valence-electron chi connectivity index (χ3n) is 5.23. The Labute approximate surface area is 127 Å². The van der Waals surface area contributed by atoms with E-state index in [1.165, 1.54) is 25.7 Å². The Morgan fingerprint density at radius 3 is 2.52 bits per heavy atom. The van der Waals surface area contributed by atoms with Gasteiger partial charge in [0, 0.05) is 12.0 Å². The molecule has 1 saturated heterocycles. The first-order chi connectivity index (χ1) is 10.2. The van der Waals surface area contributed by atoms with Crippen LogP contribution in [0.3, 0.4) is 0 Å². The average molecular weight is 287 g/mol. The molecule has 3 nitrogen and oxygen atoms in total. The second kappa shape index (κ2) is 6.61. The van der Waals surface area contributed by atoms with E-state index in [1.807, 2.05) is 35.2 Å². The molecular weight excluding hydrogens is 260 g/mol. The summed E-state index contributed by atoms with van der Waals surface area (Å²) in [6.45, 7) is 6.45. The molecule has 2 aliphatic rings. The number of carbonyl (C=O) groups excluding carboxylic acids is 1. The maximum Gasteiger partial charge on any atom is 0.254 e. The maximum absolute atomic E-state index is 12.5. The fourth-order valence-corrected chi connectivity index (χ4v) is 3.97. The van der Waals surface area contributed by atoms with Gasteiger partial charge in [0.15, 0.2) is 0 Å². The summed E-state index contributed by atoms with van der Waals surface area (Å²) in [4.78, 5) is 16.2. The summed E-state index contributed by atoms with van der Waals surface area (Å²) in [5.41, 5.74) is 0.826. The minimum absolute atomic E-state index is 0.201. The van der Waals surface area contributed by atoms with E-state index >= 15 is 0 Å². The van der Waals surface area contributed by atoms with Crippen molar-refractivity contribution in [2.75, 3.05) is 26.2 Å². The van der Waals surface area contributed by atoms with Crippen LogP contribution < -0.4 is 4.90 Å². The number of nitrogens with zero attached hydrogens (tertiary/aromatic N) is 1. The molecule has 2 atom stereocenters. The summed E-state index contributed by atoms with van der Waals surface area (Å²) in [6, 6.07) is 10.5. The fourth-order valence-electron chi connectivity index (χ4n) is 3.97. The molecule has 0 spiro atoms. The van der Waals surface area contributed by atoms with Gasteiger partial charge in [-0.05, 0) is 30.9 Å². The first-order valence-electron chi connectivity index (χ1n) is 8.43. The fraction of sp³-hybridized carbons (Fsp3) is 0.611. The minimum Gasteiger partial charge on any atom is -0.330 e. The van der Waals surface area contributed by atoms with E-state index in [1.54, 1.807) is 4.90 Å². The van der Waals surface area contributed by atoms with E-state index in [4.69, 9.17) is 0 Å². The zero-order valence-corrected chi connectivity index (χ0v) is 13.1. The zero-order valence-electron chi connectivity index (χ0n) is 13.1. The Bertz CT molecular complexity index is 465. The number of carbonyl (C=O) groups is 1. The van der Waals surface area contributed by atoms with Gasteiger partial charge < -0.3 is 9.80 Å². The van der Waals surface area contributed by atoms with Crippen molar-refractivity contribution in [1.29, 1.82) is 0 Å². The number of piperazine rings is 1. The molecule has 1 N–H and O–H groups in total. The molecule has 3 heteroatoms. The highest BCUT2D eigenvalue weighted by Gasteiger charge is 2.32. The highest BCUT2D eigenvalue weighted by atomic mass is 16.2. The van der Waals surface area contributed by atoms with Gasteiger partial charge in [0.1, 0.15) is 0 Å². The lowest BCUT2D eigenvalue weighted by atomic mass is 9.86. The molecule has 21 heavy (non-hydrogen) atoms. The van der Waals surface area contributed by atoms with Crippen LogP contribution >= 0.6 is 0 Å². The second-order valence-electron chi connectivity index (χ2n) is 6.79. The number of rotatable bonds is 2. The summed E-state index contributed by atoms with van der Waals surface area (Å²) in [7, 11) is 0. The predicted molar refractivity (Wildman–Crippen MR) is 84.5 cm³/mol. The van der Waals surface area contributed by atoms with Crippen molar-refractivity contribution in [3.05, 3.63) is 35.9 Å². The van der Waals surface area contributed by atoms with E-state index in [2.05, 4.69) is 6.92 Å². The van der Waals surface area contributed by atoms with Crippen LogP contribution in [0.15, 0.2) is 30.3 Å². The molecule has 114 valence electrons. The van der Waals surface area contributed by atoms with Crippen molar-refractivity contribution in [1.82, 2.24) is 4.90 Å². The third kappa shape index (κ3) is 3.46. The quantitative estimate of drug-likeness (QED) is 0.878. The van der Waals surface area contributed by atoms with Gasteiger partial charge in [-0.25, -0.2) is 0 Å². The van der Waals surface area contributed by atoms with Crippen molar-refractivity contribution in [2.24, 2.45) is 5.92 Å². The first kappa shape index (κ1) is 14.6. The lowest BCUT2D eigenvalue weighted by Crippen LogP contribution is -3.18. The van der Waals surface area contributed by atoms with Crippen LogP contribution in [0.2, 0.25) is 0 Å². The molecule has 1 aromatic carbocycles. The molecule has 1 aliphatic carbocycles. The van der Waals surface area contributed by atoms with Crippen LogP contribution in [0.25, 0.3) is 0 Å². The van der Waals surface area contributed by atoms with Crippen molar-refractivity contribution in [2.45, 2.75) is 38.6 Å². The van der Waals surface area contributed by atoms with Gasteiger partial charge in [-0.2, -0.15) is 0 Å². The molecule has 1 aromatic rings. The van der Waals surface area contributed by atoms with Crippen LogP contribution in [-0.2, 0) is 0 Å². The first-order valence-corrected chi connectivity index (χ1v) is 8.43. The molecular formula is C18H27N2O+. The lowest BCUT2D eigenvalue weighted by Gasteiger charge is -2.39. The summed E-state index contributed by atoms with van der Waals surface area (Å²) >= 11 is 0. The number of nitrogens with one attached hydrogen (secondary N) is 1. The molecule has 1 amide bonds. The van der Waals surface area contributed by atoms with Crippen LogP contribution in [0.4, 0.5) is 0 Å². The lowest BCUT2D eigenvalue weighted by molar-refractivity contribution is -0.930.